The maximum Gasteiger partial charge on any atom is 0.305 e. The average Bonchev–Trinajstić information content (AvgIpc) is 3.44. The van der Waals surface area contributed by atoms with E-state index in [1.807, 2.05) is 6.08 Å². The Balaban J connectivity index is 3.39. The van der Waals surface area contributed by atoms with Gasteiger partial charge in [0.05, 0.1) is 25.4 Å². The summed E-state index contributed by atoms with van der Waals surface area (Å²) < 4.78 is 5.50. The second-order valence-corrected chi connectivity index (χ2v) is 23.9. The van der Waals surface area contributed by atoms with Crippen LogP contribution in [0.5, 0.6) is 0 Å². The third-order valence-electron chi connectivity index (χ3n) is 16.1. The zero-order chi connectivity index (χ0) is 56.4. The van der Waals surface area contributed by atoms with Crippen LogP contribution >= 0.6 is 0 Å². The van der Waals surface area contributed by atoms with Crippen LogP contribution in [0.1, 0.15) is 373 Å². The topological polar surface area (TPSA) is 95.9 Å². The van der Waals surface area contributed by atoms with Gasteiger partial charge in [-0.1, -0.05) is 319 Å². The van der Waals surface area contributed by atoms with E-state index in [1.165, 1.54) is 295 Å². The number of aliphatic hydroxyl groups excluding tert-OH is 2. The summed E-state index contributed by atoms with van der Waals surface area (Å²) in [6, 6.07) is -0.627. The molecule has 6 heteroatoms. The number of hydrogen-bond acceptors (Lipinski definition) is 5. The molecule has 0 radical (unpaired) electrons. The molecule has 0 aliphatic heterocycles. The molecular formula is C72H135NO5. The normalized spacial score (nSPS) is 12.8. The molecule has 0 bridgehead atoms. The molecule has 0 aromatic carbocycles. The molecule has 3 N–H and O–H groups in total. The van der Waals surface area contributed by atoms with Gasteiger partial charge in [-0.15, -0.1) is 0 Å². The predicted octanol–water partition coefficient (Wildman–Crippen LogP) is 22.5. The number of aliphatic hydroxyl groups is 2. The summed E-state index contributed by atoms with van der Waals surface area (Å²) in [6.07, 6.45) is 87.6. The fourth-order valence-electron chi connectivity index (χ4n) is 10.7. The molecule has 0 aliphatic carbocycles. The molecule has 0 aromatic rings. The molecule has 6 nitrogen and oxygen atoms in total. The van der Waals surface area contributed by atoms with Crippen molar-refractivity contribution in [1.29, 1.82) is 0 Å². The van der Waals surface area contributed by atoms with Gasteiger partial charge in [0.1, 0.15) is 0 Å². The minimum absolute atomic E-state index is 0.00961. The van der Waals surface area contributed by atoms with E-state index in [0.717, 1.165) is 51.4 Å². The summed E-state index contributed by atoms with van der Waals surface area (Å²) in [5.74, 6) is -0.0571. The quantitative estimate of drug-likeness (QED) is 0.0320. The molecule has 0 aromatic heterocycles. The Bertz CT molecular complexity index is 1310. The minimum Gasteiger partial charge on any atom is -0.466 e. The highest BCUT2D eigenvalue weighted by atomic mass is 16.5. The van der Waals surface area contributed by atoms with Crippen molar-refractivity contribution in [2.24, 2.45) is 0 Å². The number of nitrogens with one attached hydrogen (secondary N) is 1. The molecule has 0 spiro atoms. The molecule has 0 heterocycles. The molecule has 2 unspecified atom stereocenters. The zero-order valence-corrected chi connectivity index (χ0v) is 52.4. The van der Waals surface area contributed by atoms with Crippen molar-refractivity contribution >= 4 is 11.9 Å². The van der Waals surface area contributed by atoms with Gasteiger partial charge in [-0.3, -0.25) is 9.59 Å². The number of ether oxygens (including phenoxy) is 1. The third kappa shape index (κ3) is 63.0. The first-order valence-electron chi connectivity index (χ1n) is 34.9. The maximum absolute atomic E-state index is 12.5. The van der Waals surface area contributed by atoms with E-state index in [1.54, 1.807) is 6.08 Å². The number of allylic oxidation sites excluding steroid dienone is 7. The summed E-state index contributed by atoms with van der Waals surface area (Å²) in [7, 11) is 0. The van der Waals surface area contributed by atoms with Gasteiger partial charge in [-0.05, 0) is 89.9 Å². The van der Waals surface area contributed by atoms with Gasteiger partial charge < -0.3 is 20.3 Å². The SMILES string of the molecule is CCCCCCCC/C=C\CCCCCCCCCC(=O)OCCCCCCCCCCC/C=C\C/C=C\CCCCCCCCCCCCCCCCCC(=O)NC(CO)C(O)/C=C/CCCCCCCCCCCCC. The molecule has 1 amide bonds. The summed E-state index contributed by atoms with van der Waals surface area (Å²) in [6.45, 7) is 4.91. The Morgan fingerprint density at radius 3 is 0.987 bits per heavy atom. The Morgan fingerprint density at radius 1 is 0.359 bits per heavy atom. The first kappa shape index (κ1) is 75.8. The second kappa shape index (κ2) is 67.3. The first-order valence-corrected chi connectivity index (χ1v) is 34.9. The first-order chi connectivity index (χ1) is 38.5. The summed E-state index contributed by atoms with van der Waals surface area (Å²) in [5, 5.41) is 23.1. The van der Waals surface area contributed by atoms with Crippen LogP contribution in [0.25, 0.3) is 0 Å². The van der Waals surface area contributed by atoms with E-state index in [4.69, 9.17) is 4.74 Å². The second-order valence-electron chi connectivity index (χ2n) is 23.9. The lowest BCUT2D eigenvalue weighted by Gasteiger charge is -2.20. The van der Waals surface area contributed by atoms with Gasteiger partial charge in [0, 0.05) is 12.8 Å². The minimum atomic E-state index is -0.844. The highest BCUT2D eigenvalue weighted by Crippen LogP contribution is 2.18. The van der Waals surface area contributed by atoms with Crippen LogP contribution in [0, 0.1) is 0 Å². The Kier molecular flexibility index (Phi) is 65.4. The third-order valence-corrected chi connectivity index (χ3v) is 16.1. The largest absolute Gasteiger partial charge is 0.466 e. The Hall–Kier alpha value is -2.18. The van der Waals surface area contributed by atoms with E-state index < -0.39 is 12.1 Å². The molecule has 0 saturated heterocycles. The van der Waals surface area contributed by atoms with E-state index in [2.05, 4.69) is 55.6 Å². The van der Waals surface area contributed by atoms with Crippen LogP contribution in [0.3, 0.4) is 0 Å². The number of carbonyl (C=O) groups is 2. The molecule has 0 rings (SSSR count). The monoisotopic (exact) mass is 1090 g/mol. The van der Waals surface area contributed by atoms with Crippen molar-refractivity contribution in [2.45, 2.75) is 386 Å². The standard InChI is InChI=1S/C72H135NO5/c1-3-5-7-9-11-13-15-17-18-34-38-42-46-50-54-58-62-66-72(77)78-67-63-59-55-51-47-43-39-36-33-31-29-27-25-23-21-19-20-22-24-26-28-30-32-35-37-41-45-49-53-57-61-65-71(76)73-69(68-74)70(75)64-60-56-52-48-44-40-16-14-12-10-8-6-4-2/h17-18,21,23,27,29,60,64,69-70,74-75H,3-16,19-20,22,24-26,28,30-59,61-63,65-68H2,1-2H3,(H,73,76)/b18-17-,23-21-,29-27-,64-60+. The van der Waals surface area contributed by atoms with Crippen molar-refractivity contribution in [3.05, 3.63) is 48.6 Å². The van der Waals surface area contributed by atoms with E-state index >= 15 is 0 Å². The van der Waals surface area contributed by atoms with Crippen LogP contribution < -0.4 is 5.32 Å². The number of rotatable bonds is 65. The lowest BCUT2D eigenvalue weighted by Crippen LogP contribution is -2.45. The van der Waals surface area contributed by atoms with Crippen molar-refractivity contribution in [3.63, 3.8) is 0 Å². The van der Waals surface area contributed by atoms with Gasteiger partial charge in [0.15, 0.2) is 0 Å². The van der Waals surface area contributed by atoms with Gasteiger partial charge in [0.25, 0.3) is 0 Å². The van der Waals surface area contributed by atoms with Crippen LogP contribution in [-0.4, -0.2) is 47.4 Å². The molecule has 78 heavy (non-hydrogen) atoms. The van der Waals surface area contributed by atoms with Crippen molar-refractivity contribution in [1.82, 2.24) is 5.32 Å². The van der Waals surface area contributed by atoms with Crippen LogP contribution in [-0.2, 0) is 14.3 Å². The van der Waals surface area contributed by atoms with E-state index in [9.17, 15) is 19.8 Å². The molecule has 458 valence electrons. The number of unbranched alkanes of at least 4 members (excludes halogenated alkanes) is 48. The summed E-state index contributed by atoms with van der Waals surface area (Å²) in [5.41, 5.74) is 0. The predicted molar refractivity (Wildman–Crippen MR) is 342 cm³/mol. The Labute approximate surface area is 486 Å². The van der Waals surface area contributed by atoms with Gasteiger partial charge >= 0.3 is 5.97 Å². The van der Waals surface area contributed by atoms with E-state index in [0.29, 0.717) is 19.4 Å². The van der Waals surface area contributed by atoms with E-state index in [-0.39, 0.29) is 18.5 Å². The molecule has 2 atom stereocenters. The van der Waals surface area contributed by atoms with Crippen LogP contribution in [0.15, 0.2) is 48.6 Å². The van der Waals surface area contributed by atoms with Crippen molar-refractivity contribution < 1.29 is 24.5 Å². The van der Waals surface area contributed by atoms with Crippen LogP contribution in [0.4, 0.5) is 0 Å². The summed E-state index contributed by atoms with van der Waals surface area (Å²) in [4.78, 5) is 24.6. The molecule has 0 fully saturated rings. The number of hydrogen-bond donors (Lipinski definition) is 3. The lowest BCUT2D eigenvalue weighted by molar-refractivity contribution is -0.143. The average molecular weight is 1090 g/mol. The van der Waals surface area contributed by atoms with Gasteiger partial charge in [-0.25, -0.2) is 0 Å². The van der Waals surface area contributed by atoms with Gasteiger partial charge in [-0.2, -0.15) is 0 Å². The number of carbonyl (C=O) groups excluding carboxylic acids is 2. The molecular weight excluding hydrogens is 959 g/mol. The number of amides is 1. The zero-order valence-electron chi connectivity index (χ0n) is 52.4. The van der Waals surface area contributed by atoms with Crippen LogP contribution in [0.2, 0.25) is 0 Å². The van der Waals surface area contributed by atoms with Crippen molar-refractivity contribution in [2.75, 3.05) is 13.2 Å². The fourth-order valence-corrected chi connectivity index (χ4v) is 10.7. The maximum atomic E-state index is 12.5. The summed E-state index contributed by atoms with van der Waals surface area (Å²) >= 11 is 0. The smallest absolute Gasteiger partial charge is 0.305 e. The highest BCUT2D eigenvalue weighted by molar-refractivity contribution is 5.76. The highest BCUT2D eigenvalue weighted by Gasteiger charge is 2.18. The van der Waals surface area contributed by atoms with Gasteiger partial charge in [0.2, 0.25) is 5.91 Å². The number of esters is 1. The fraction of sp³-hybridized carbons (Fsp3) is 0.861. The molecule has 0 aliphatic rings. The Morgan fingerprint density at radius 2 is 0.641 bits per heavy atom. The van der Waals surface area contributed by atoms with Crippen molar-refractivity contribution in [3.8, 4) is 0 Å². The molecule has 0 saturated carbocycles. The lowest BCUT2D eigenvalue weighted by atomic mass is 10.0.